The van der Waals surface area contributed by atoms with Crippen molar-refractivity contribution in [3.8, 4) is 11.5 Å². The number of hydrogen-bond donors (Lipinski definition) is 0. The first kappa shape index (κ1) is 12.2. The van der Waals surface area contributed by atoms with Crippen molar-refractivity contribution < 1.29 is 9.47 Å². The van der Waals surface area contributed by atoms with Gasteiger partial charge in [-0.05, 0) is 32.1 Å². The van der Waals surface area contributed by atoms with Crippen molar-refractivity contribution in [1.82, 2.24) is 4.90 Å². The molecule has 0 fully saturated rings. The van der Waals surface area contributed by atoms with Gasteiger partial charge in [0.1, 0.15) is 12.7 Å². The molecule has 3 nitrogen and oxygen atoms in total. The van der Waals surface area contributed by atoms with Gasteiger partial charge in [0.25, 0.3) is 0 Å². The Hall–Kier alpha value is -1.22. The van der Waals surface area contributed by atoms with Crippen LogP contribution in [0.5, 0.6) is 11.5 Å². The molecule has 0 saturated carbocycles. The van der Waals surface area contributed by atoms with Crippen LogP contribution in [0.25, 0.3) is 0 Å². The second-order valence-corrected chi connectivity index (χ2v) is 4.38. The van der Waals surface area contributed by atoms with Gasteiger partial charge in [-0.15, -0.1) is 0 Å². The third-order valence-corrected chi connectivity index (χ3v) is 3.46. The molecule has 1 aromatic carbocycles. The van der Waals surface area contributed by atoms with Crippen LogP contribution >= 0.6 is 0 Å². The molecule has 2 rings (SSSR count). The Kier molecular flexibility index (Phi) is 3.89. The van der Waals surface area contributed by atoms with E-state index < -0.39 is 0 Å². The first-order valence-electron chi connectivity index (χ1n) is 6.38. The van der Waals surface area contributed by atoms with E-state index in [4.69, 9.17) is 9.47 Å². The zero-order chi connectivity index (χ0) is 12.3. The molecular formula is C14H21NO2. The minimum Gasteiger partial charge on any atom is -0.486 e. The van der Waals surface area contributed by atoms with Crippen LogP contribution in [-0.2, 0) is 0 Å². The number of fused-ring (bicyclic) bond motifs is 1. The third-order valence-electron chi connectivity index (χ3n) is 3.46. The topological polar surface area (TPSA) is 21.7 Å². The van der Waals surface area contributed by atoms with Crippen LogP contribution in [0, 0.1) is 0 Å². The zero-order valence-corrected chi connectivity index (χ0v) is 10.8. The van der Waals surface area contributed by atoms with Crippen molar-refractivity contribution in [2.24, 2.45) is 0 Å². The lowest BCUT2D eigenvalue weighted by molar-refractivity contribution is 0.0241. The highest BCUT2D eigenvalue weighted by atomic mass is 16.6. The summed E-state index contributed by atoms with van der Waals surface area (Å²) in [5.41, 5.74) is 0. The van der Waals surface area contributed by atoms with Gasteiger partial charge < -0.3 is 9.47 Å². The highest BCUT2D eigenvalue weighted by molar-refractivity contribution is 5.40. The molecule has 3 heteroatoms. The van der Waals surface area contributed by atoms with Crippen LogP contribution in [0.4, 0.5) is 0 Å². The van der Waals surface area contributed by atoms with Gasteiger partial charge in [-0.2, -0.15) is 0 Å². The molecule has 17 heavy (non-hydrogen) atoms. The first-order chi connectivity index (χ1) is 8.26. The zero-order valence-electron chi connectivity index (χ0n) is 10.8. The largest absolute Gasteiger partial charge is 0.486 e. The highest BCUT2D eigenvalue weighted by Crippen LogP contribution is 2.32. The SMILES string of the molecule is CCN(CC)[C@@H](C)[C@@H]1COc2ccccc2O1. The Morgan fingerprint density at radius 3 is 2.53 bits per heavy atom. The number of likely N-dealkylation sites (N-methyl/N-ethyl adjacent to an activating group) is 1. The van der Waals surface area contributed by atoms with Gasteiger partial charge in [0.05, 0.1) is 0 Å². The summed E-state index contributed by atoms with van der Waals surface area (Å²) in [6, 6.07) is 8.24. The predicted octanol–water partition coefficient (Wildman–Crippen LogP) is 2.56. The molecule has 1 aromatic rings. The van der Waals surface area contributed by atoms with Gasteiger partial charge >= 0.3 is 0 Å². The average Bonchev–Trinajstić information content (AvgIpc) is 2.39. The lowest BCUT2D eigenvalue weighted by Gasteiger charge is -2.36. The number of ether oxygens (including phenoxy) is 2. The lowest BCUT2D eigenvalue weighted by atomic mass is 10.1. The molecule has 0 saturated heterocycles. The van der Waals surface area contributed by atoms with Gasteiger partial charge in [-0.3, -0.25) is 4.90 Å². The Morgan fingerprint density at radius 2 is 1.88 bits per heavy atom. The third kappa shape index (κ3) is 2.55. The van der Waals surface area contributed by atoms with Crippen molar-refractivity contribution in [3.05, 3.63) is 24.3 Å². The number of hydrogen-bond acceptors (Lipinski definition) is 3. The van der Waals surface area contributed by atoms with Gasteiger partial charge in [-0.25, -0.2) is 0 Å². The fraction of sp³-hybridized carbons (Fsp3) is 0.571. The van der Waals surface area contributed by atoms with E-state index in [1.54, 1.807) is 0 Å². The summed E-state index contributed by atoms with van der Waals surface area (Å²) >= 11 is 0. The Bertz CT molecular complexity index is 363. The van der Waals surface area contributed by atoms with Crippen LogP contribution in [0.3, 0.4) is 0 Å². The molecule has 1 aliphatic rings. The van der Waals surface area contributed by atoms with Gasteiger partial charge in [0.2, 0.25) is 0 Å². The molecule has 0 amide bonds. The van der Waals surface area contributed by atoms with E-state index >= 15 is 0 Å². The molecule has 0 bridgehead atoms. The number of nitrogens with zero attached hydrogens (tertiary/aromatic N) is 1. The summed E-state index contributed by atoms with van der Waals surface area (Å²) in [5, 5.41) is 0. The number of para-hydroxylation sites is 2. The Balaban J connectivity index is 2.07. The fourth-order valence-electron chi connectivity index (χ4n) is 2.31. The quantitative estimate of drug-likeness (QED) is 0.800. The Labute approximate surface area is 103 Å². The van der Waals surface area contributed by atoms with E-state index in [2.05, 4.69) is 25.7 Å². The highest BCUT2D eigenvalue weighted by Gasteiger charge is 2.28. The normalized spacial score (nSPS) is 20.4. The first-order valence-corrected chi connectivity index (χ1v) is 6.38. The lowest BCUT2D eigenvalue weighted by Crippen LogP contribution is -2.48. The van der Waals surface area contributed by atoms with Crippen molar-refractivity contribution >= 4 is 0 Å². The molecule has 94 valence electrons. The molecule has 0 radical (unpaired) electrons. The van der Waals surface area contributed by atoms with Crippen LogP contribution in [0.2, 0.25) is 0 Å². The Morgan fingerprint density at radius 1 is 1.24 bits per heavy atom. The van der Waals surface area contributed by atoms with Crippen LogP contribution in [-0.4, -0.2) is 36.7 Å². The van der Waals surface area contributed by atoms with Gasteiger partial charge in [0, 0.05) is 6.04 Å². The molecule has 0 spiro atoms. The van der Waals surface area contributed by atoms with Gasteiger partial charge in [-0.1, -0.05) is 26.0 Å². The molecule has 0 unspecified atom stereocenters. The number of rotatable bonds is 4. The van der Waals surface area contributed by atoms with E-state index in [1.165, 1.54) is 0 Å². The smallest absolute Gasteiger partial charge is 0.161 e. The molecular weight excluding hydrogens is 214 g/mol. The number of benzene rings is 1. The maximum absolute atomic E-state index is 6.01. The van der Waals surface area contributed by atoms with E-state index in [9.17, 15) is 0 Å². The average molecular weight is 235 g/mol. The van der Waals surface area contributed by atoms with E-state index in [1.807, 2.05) is 24.3 Å². The minimum absolute atomic E-state index is 0.116. The maximum atomic E-state index is 6.01. The van der Waals surface area contributed by atoms with Crippen molar-refractivity contribution in [2.45, 2.75) is 32.9 Å². The van der Waals surface area contributed by atoms with Crippen molar-refractivity contribution in [3.63, 3.8) is 0 Å². The minimum atomic E-state index is 0.116. The molecule has 0 aliphatic carbocycles. The predicted molar refractivity (Wildman–Crippen MR) is 68.7 cm³/mol. The molecule has 1 heterocycles. The summed E-state index contributed by atoms with van der Waals surface area (Å²) in [6.45, 7) is 9.28. The molecule has 2 atom stereocenters. The summed E-state index contributed by atoms with van der Waals surface area (Å²) in [7, 11) is 0. The van der Waals surface area contributed by atoms with Crippen LogP contribution < -0.4 is 9.47 Å². The van der Waals surface area contributed by atoms with Gasteiger partial charge in [0.15, 0.2) is 11.5 Å². The summed E-state index contributed by atoms with van der Waals surface area (Å²) in [4.78, 5) is 2.39. The van der Waals surface area contributed by atoms with Crippen LogP contribution in [0.15, 0.2) is 24.3 Å². The summed E-state index contributed by atoms with van der Waals surface area (Å²) < 4.78 is 11.8. The van der Waals surface area contributed by atoms with E-state index in [-0.39, 0.29) is 6.10 Å². The van der Waals surface area contributed by atoms with Crippen molar-refractivity contribution in [2.75, 3.05) is 19.7 Å². The van der Waals surface area contributed by atoms with Crippen molar-refractivity contribution in [1.29, 1.82) is 0 Å². The molecule has 0 aromatic heterocycles. The summed E-state index contributed by atoms with van der Waals surface area (Å²) in [5.74, 6) is 1.72. The fourth-order valence-corrected chi connectivity index (χ4v) is 2.31. The second-order valence-electron chi connectivity index (χ2n) is 4.38. The standard InChI is InChI=1S/C14H21NO2/c1-4-15(5-2)11(3)14-10-16-12-8-6-7-9-13(12)17-14/h6-9,11,14H,4-5,10H2,1-3H3/t11-,14-/m0/s1. The molecule has 1 aliphatic heterocycles. The summed E-state index contributed by atoms with van der Waals surface area (Å²) in [6.07, 6.45) is 0.116. The van der Waals surface area contributed by atoms with E-state index in [0.717, 1.165) is 24.6 Å². The van der Waals surface area contributed by atoms with E-state index in [0.29, 0.717) is 12.6 Å². The monoisotopic (exact) mass is 235 g/mol. The molecule has 0 N–H and O–H groups in total. The van der Waals surface area contributed by atoms with Crippen LogP contribution in [0.1, 0.15) is 20.8 Å². The second kappa shape index (κ2) is 5.41. The maximum Gasteiger partial charge on any atom is 0.161 e.